The van der Waals surface area contributed by atoms with Crippen molar-refractivity contribution in [2.24, 2.45) is 11.7 Å². The summed E-state index contributed by atoms with van der Waals surface area (Å²) in [6.45, 7) is 5.70. The summed E-state index contributed by atoms with van der Waals surface area (Å²) in [5.74, 6) is 0.626. The number of nitrogens with two attached hydrogens (primary N) is 1. The summed E-state index contributed by atoms with van der Waals surface area (Å²) in [5, 5.41) is 5.40. The third-order valence-electron chi connectivity index (χ3n) is 3.36. The van der Waals surface area contributed by atoms with E-state index in [1.807, 2.05) is 32.9 Å². The van der Waals surface area contributed by atoms with Crippen LogP contribution in [-0.2, 0) is 4.79 Å². The molecule has 1 amide bonds. The van der Waals surface area contributed by atoms with Gasteiger partial charge in [0.2, 0.25) is 5.91 Å². The molecular formula is C15H20Cl2N2O2. The number of amides is 1. The predicted molar refractivity (Wildman–Crippen MR) is 87.8 cm³/mol. The van der Waals surface area contributed by atoms with Crippen LogP contribution in [0.15, 0.2) is 28.9 Å². The van der Waals surface area contributed by atoms with E-state index in [9.17, 15) is 4.79 Å². The number of halogens is 2. The van der Waals surface area contributed by atoms with Crippen LogP contribution in [0.2, 0.25) is 5.02 Å². The first-order valence-electron chi connectivity index (χ1n) is 6.62. The van der Waals surface area contributed by atoms with Crippen molar-refractivity contribution in [1.82, 2.24) is 5.32 Å². The minimum Gasteiger partial charge on any atom is -0.466 e. The highest BCUT2D eigenvalue weighted by atomic mass is 35.5. The Morgan fingerprint density at radius 1 is 1.33 bits per heavy atom. The third-order valence-corrected chi connectivity index (χ3v) is 3.60. The van der Waals surface area contributed by atoms with Gasteiger partial charge in [0.25, 0.3) is 0 Å². The number of benzene rings is 1. The second-order valence-electron chi connectivity index (χ2n) is 5.33. The Bertz CT molecular complexity index is 625. The Hall–Kier alpha value is -1.23. The van der Waals surface area contributed by atoms with Crippen LogP contribution in [0.1, 0.15) is 32.6 Å². The van der Waals surface area contributed by atoms with Crippen LogP contribution in [0.4, 0.5) is 0 Å². The standard InChI is InChI=1S/C15H19ClN2O2.ClH/c1-8(2)13(17)15(19)18-9(3)14-12-5-4-11(16)6-10(12)7-20-14;/h4-9,13H,17H2,1-3H3,(H,18,19);1H. The molecule has 0 aliphatic carbocycles. The SMILES string of the molecule is CC(NC(=O)C(N)C(C)C)c1occ2cc(Cl)ccc12.Cl. The number of furan rings is 1. The summed E-state index contributed by atoms with van der Waals surface area (Å²) in [6.07, 6.45) is 1.64. The van der Waals surface area contributed by atoms with Gasteiger partial charge < -0.3 is 15.5 Å². The highest BCUT2D eigenvalue weighted by Gasteiger charge is 2.21. The van der Waals surface area contributed by atoms with E-state index in [1.54, 1.807) is 12.3 Å². The smallest absolute Gasteiger partial charge is 0.237 e. The Morgan fingerprint density at radius 2 is 2.00 bits per heavy atom. The first-order valence-corrected chi connectivity index (χ1v) is 7.00. The molecule has 0 aliphatic heterocycles. The van der Waals surface area contributed by atoms with Crippen LogP contribution < -0.4 is 11.1 Å². The summed E-state index contributed by atoms with van der Waals surface area (Å²) >= 11 is 5.94. The lowest BCUT2D eigenvalue weighted by molar-refractivity contribution is -0.124. The normalized spacial score (nSPS) is 13.8. The fourth-order valence-corrected chi connectivity index (χ4v) is 2.24. The van der Waals surface area contributed by atoms with Crippen LogP contribution in [0, 0.1) is 5.92 Å². The maximum Gasteiger partial charge on any atom is 0.237 e. The maximum atomic E-state index is 12.0. The number of hydrogen-bond donors (Lipinski definition) is 2. The number of nitrogens with one attached hydrogen (secondary N) is 1. The zero-order valence-electron chi connectivity index (χ0n) is 12.2. The first-order chi connectivity index (χ1) is 9.40. The molecule has 0 aliphatic rings. The quantitative estimate of drug-likeness (QED) is 0.898. The van der Waals surface area contributed by atoms with E-state index in [2.05, 4.69) is 5.32 Å². The molecule has 0 fully saturated rings. The average Bonchev–Trinajstić information content (AvgIpc) is 2.80. The molecule has 2 unspecified atom stereocenters. The van der Waals surface area contributed by atoms with Gasteiger partial charge in [0.15, 0.2) is 0 Å². The van der Waals surface area contributed by atoms with Crippen LogP contribution in [-0.4, -0.2) is 11.9 Å². The Balaban J connectivity index is 0.00000220. The topological polar surface area (TPSA) is 68.3 Å². The molecule has 0 radical (unpaired) electrons. The van der Waals surface area contributed by atoms with Gasteiger partial charge in [-0.05, 0) is 31.0 Å². The van der Waals surface area contributed by atoms with Gasteiger partial charge in [-0.3, -0.25) is 4.79 Å². The minimum absolute atomic E-state index is 0. The molecule has 1 aromatic heterocycles. The zero-order chi connectivity index (χ0) is 14.9. The second-order valence-corrected chi connectivity index (χ2v) is 5.77. The fourth-order valence-electron chi connectivity index (χ4n) is 2.06. The molecule has 4 nitrogen and oxygen atoms in total. The van der Waals surface area contributed by atoms with Gasteiger partial charge in [0.05, 0.1) is 18.3 Å². The van der Waals surface area contributed by atoms with Crippen molar-refractivity contribution in [2.75, 3.05) is 0 Å². The van der Waals surface area contributed by atoms with Crippen LogP contribution in [0.25, 0.3) is 10.8 Å². The summed E-state index contributed by atoms with van der Waals surface area (Å²) < 4.78 is 5.56. The molecule has 2 rings (SSSR count). The Labute approximate surface area is 135 Å². The van der Waals surface area contributed by atoms with Gasteiger partial charge in [-0.2, -0.15) is 0 Å². The molecule has 1 aromatic carbocycles. The van der Waals surface area contributed by atoms with Crippen LogP contribution in [0.5, 0.6) is 0 Å². The zero-order valence-corrected chi connectivity index (χ0v) is 13.8. The molecular weight excluding hydrogens is 311 g/mol. The molecule has 1 heterocycles. The van der Waals surface area contributed by atoms with E-state index in [1.165, 1.54) is 0 Å². The Kier molecular flexibility index (Phi) is 6.08. The summed E-state index contributed by atoms with van der Waals surface area (Å²) in [5.41, 5.74) is 5.83. The largest absolute Gasteiger partial charge is 0.466 e. The van der Waals surface area contributed by atoms with Crippen LogP contribution >= 0.6 is 24.0 Å². The van der Waals surface area contributed by atoms with Crippen molar-refractivity contribution in [2.45, 2.75) is 32.9 Å². The first kappa shape index (κ1) is 17.8. The maximum absolute atomic E-state index is 12.0. The molecule has 116 valence electrons. The minimum atomic E-state index is -0.520. The lowest BCUT2D eigenvalue weighted by Crippen LogP contribution is -2.44. The summed E-state index contributed by atoms with van der Waals surface area (Å²) in [6, 6.07) is 4.76. The number of hydrogen-bond acceptors (Lipinski definition) is 3. The van der Waals surface area contributed by atoms with Crippen molar-refractivity contribution in [3.8, 4) is 0 Å². The monoisotopic (exact) mass is 330 g/mol. The molecule has 0 bridgehead atoms. The number of carbonyl (C=O) groups is 1. The van der Waals surface area contributed by atoms with E-state index in [4.69, 9.17) is 21.8 Å². The van der Waals surface area contributed by atoms with Gasteiger partial charge in [-0.1, -0.05) is 25.4 Å². The van der Waals surface area contributed by atoms with Crippen molar-refractivity contribution in [3.63, 3.8) is 0 Å². The van der Waals surface area contributed by atoms with Gasteiger partial charge in [-0.25, -0.2) is 0 Å². The van der Waals surface area contributed by atoms with E-state index < -0.39 is 6.04 Å². The molecule has 2 atom stereocenters. The Morgan fingerprint density at radius 3 is 2.62 bits per heavy atom. The summed E-state index contributed by atoms with van der Waals surface area (Å²) in [4.78, 5) is 12.0. The van der Waals surface area contributed by atoms with Crippen molar-refractivity contribution < 1.29 is 9.21 Å². The molecule has 0 saturated carbocycles. The van der Waals surface area contributed by atoms with Crippen molar-refractivity contribution >= 4 is 40.7 Å². The predicted octanol–water partition coefficient (Wildman–Crippen LogP) is 3.67. The highest BCUT2D eigenvalue weighted by molar-refractivity contribution is 6.31. The molecule has 2 aromatic rings. The van der Waals surface area contributed by atoms with Crippen LogP contribution in [0.3, 0.4) is 0 Å². The van der Waals surface area contributed by atoms with Crippen molar-refractivity contribution in [3.05, 3.63) is 35.2 Å². The van der Waals surface area contributed by atoms with Gasteiger partial charge in [-0.15, -0.1) is 12.4 Å². The highest BCUT2D eigenvalue weighted by Crippen LogP contribution is 2.28. The third kappa shape index (κ3) is 3.90. The molecule has 0 saturated heterocycles. The van der Waals surface area contributed by atoms with E-state index in [-0.39, 0.29) is 30.3 Å². The molecule has 21 heavy (non-hydrogen) atoms. The summed E-state index contributed by atoms with van der Waals surface area (Å²) in [7, 11) is 0. The molecule has 3 N–H and O–H groups in total. The lowest BCUT2D eigenvalue weighted by atomic mass is 10.0. The van der Waals surface area contributed by atoms with E-state index >= 15 is 0 Å². The number of fused-ring (bicyclic) bond motifs is 1. The van der Waals surface area contributed by atoms with E-state index in [0.717, 1.165) is 10.8 Å². The van der Waals surface area contributed by atoms with Gasteiger partial charge in [0, 0.05) is 15.8 Å². The van der Waals surface area contributed by atoms with Crippen molar-refractivity contribution in [1.29, 1.82) is 0 Å². The number of carbonyl (C=O) groups excluding carboxylic acids is 1. The van der Waals surface area contributed by atoms with Gasteiger partial charge in [0.1, 0.15) is 5.76 Å². The molecule has 0 spiro atoms. The lowest BCUT2D eigenvalue weighted by Gasteiger charge is -2.18. The van der Waals surface area contributed by atoms with Gasteiger partial charge >= 0.3 is 0 Å². The number of rotatable bonds is 4. The fraction of sp³-hybridized carbons (Fsp3) is 0.400. The average molecular weight is 331 g/mol. The van der Waals surface area contributed by atoms with E-state index in [0.29, 0.717) is 10.8 Å². The second kappa shape index (κ2) is 7.16. The molecule has 6 heteroatoms.